The Morgan fingerprint density at radius 1 is 0.960 bits per heavy atom. The highest BCUT2D eigenvalue weighted by Crippen LogP contribution is 2.14. The molecule has 0 saturated carbocycles. The van der Waals surface area contributed by atoms with E-state index in [-0.39, 0.29) is 5.91 Å². The van der Waals surface area contributed by atoms with Crippen molar-refractivity contribution in [2.45, 2.75) is 45.7 Å². The van der Waals surface area contributed by atoms with Crippen molar-refractivity contribution in [2.75, 3.05) is 13.1 Å². The van der Waals surface area contributed by atoms with Gasteiger partial charge >= 0.3 is 0 Å². The zero-order chi connectivity index (χ0) is 17.5. The van der Waals surface area contributed by atoms with Gasteiger partial charge in [0, 0.05) is 18.7 Å². The Morgan fingerprint density at radius 3 is 2.36 bits per heavy atom. The Balaban J connectivity index is 1.53. The zero-order valence-electron chi connectivity index (χ0n) is 15.1. The minimum atomic E-state index is -0.0113. The standard InChI is InChI=1S/C22H28N2O/c1-18-7-6-8-20(15-18)16-23-22(25)21-11-9-19(10-12-21)17-24-13-4-2-3-5-14-24/h6-12,15H,2-5,13-14,16-17H2,1H3,(H,23,25). The molecule has 1 fully saturated rings. The lowest BCUT2D eigenvalue weighted by atomic mass is 10.1. The predicted molar refractivity (Wildman–Crippen MR) is 103 cm³/mol. The van der Waals surface area contributed by atoms with Gasteiger partial charge in [-0.1, -0.05) is 54.8 Å². The first-order valence-corrected chi connectivity index (χ1v) is 9.36. The van der Waals surface area contributed by atoms with E-state index in [9.17, 15) is 4.79 Å². The van der Waals surface area contributed by atoms with Gasteiger partial charge in [-0.2, -0.15) is 0 Å². The molecule has 0 radical (unpaired) electrons. The van der Waals surface area contributed by atoms with E-state index in [4.69, 9.17) is 0 Å². The summed E-state index contributed by atoms with van der Waals surface area (Å²) < 4.78 is 0. The van der Waals surface area contributed by atoms with Crippen LogP contribution < -0.4 is 5.32 Å². The van der Waals surface area contributed by atoms with Crippen LogP contribution in [0.25, 0.3) is 0 Å². The van der Waals surface area contributed by atoms with Crippen LogP contribution in [0, 0.1) is 6.92 Å². The van der Waals surface area contributed by atoms with E-state index in [1.807, 2.05) is 24.3 Å². The van der Waals surface area contributed by atoms with Crippen LogP contribution in [0.5, 0.6) is 0 Å². The largest absolute Gasteiger partial charge is 0.348 e. The molecule has 132 valence electrons. The van der Waals surface area contributed by atoms with Crippen molar-refractivity contribution in [3.8, 4) is 0 Å². The molecular formula is C22H28N2O. The topological polar surface area (TPSA) is 32.3 Å². The molecule has 0 aliphatic carbocycles. The molecule has 3 nitrogen and oxygen atoms in total. The first kappa shape index (κ1) is 17.7. The van der Waals surface area contributed by atoms with E-state index in [0.717, 1.165) is 17.7 Å². The van der Waals surface area contributed by atoms with E-state index in [1.165, 1.54) is 49.9 Å². The number of rotatable bonds is 5. The number of benzene rings is 2. The Hall–Kier alpha value is -2.13. The summed E-state index contributed by atoms with van der Waals surface area (Å²) in [5, 5.41) is 3.00. The number of hydrogen-bond donors (Lipinski definition) is 1. The summed E-state index contributed by atoms with van der Waals surface area (Å²) in [5.41, 5.74) is 4.36. The van der Waals surface area contributed by atoms with Gasteiger partial charge in [0.1, 0.15) is 0 Å². The number of carbonyl (C=O) groups is 1. The molecule has 0 atom stereocenters. The monoisotopic (exact) mass is 336 g/mol. The fraction of sp³-hybridized carbons (Fsp3) is 0.409. The molecule has 1 saturated heterocycles. The average Bonchev–Trinajstić information content (AvgIpc) is 2.89. The van der Waals surface area contributed by atoms with E-state index in [0.29, 0.717) is 6.54 Å². The van der Waals surface area contributed by atoms with Crippen molar-refractivity contribution in [3.63, 3.8) is 0 Å². The third kappa shape index (κ3) is 5.43. The molecule has 0 aromatic heterocycles. The van der Waals surface area contributed by atoms with Crippen LogP contribution in [-0.4, -0.2) is 23.9 Å². The lowest BCUT2D eigenvalue weighted by Crippen LogP contribution is -2.24. The second-order valence-electron chi connectivity index (χ2n) is 7.06. The third-order valence-electron chi connectivity index (χ3n) is 4.86. The lowest BCUT2D eigenvalue weighted by molar-refractivity contribution is 0.0951. The molecule has 3 heteroatoms. The first-order valence-electron chi connectivity index (χ1n) is 9.36. The normalized spacial score (nSPS) is 15.6. The summed E-state index contributed by atoms with van der Waals surface area (Å²) in [6, 6.07) is 16.3. The molecule has 1 aliphatic rings. The van der Waals surface area contributed by atoms with Crippen LogP contribution in [0.4, 0.5) is 0 Å². The molecule has 1 heterocycles. The number of likely N-dealkylation sites (tertiary alicyclic amines) is 1. The molecular weight excluding hydrogens is 308 g/mol. The number of aryl methyl sites for hydroxylation is 1. The van der Waals surface area contributed by atoms with Crippen LogP contribution in [0.1, 0.15) is 52.7 Å². The summed E-state index contributed by atoms with van der Waals surface area (Å²) in [6.07, 6.45) is 5.33. The SMILES string of the molecule is Cc1cccc(CNC(=O)c2ccc(CN3CCCCCC3)cc2)c1. The minimum absolute atomic E-state index is 0.0113. The highest BCUT2D eigenvalue weighted by atomic mass is 16.1. The number of nitrogens with one attached hydrogen (secondary N) is 1. The second-order valence-corrected chi connectivity index (χ2v) is 7.06. The van der Waals surface area contributed by atoms with Crippen LogP contribution in [0.2, 0.25) is 0 Å². The van der Waals surface area contributed by atoms with E-state index < -0.39 is 0 Å². The molecule has 2 aromatic rings. The summed E-state index contributed by atoms with van der Waals surface area (Å²) in [4.78, 5) is 14.9. The molecule has 1 aliphatic heterocycles. The smallest absolute Gasteiger partial charge is 0.251 e. The summed E-state index contributed by atoms with van der Waals surface area (Å²) in [7, 11) is 0. The fourth-order valence-corrected chi connectivity index (χ4v) is 3.42. The Labute approximate surface area is 151 Å². The van der Waals surface area contributed by atoms with Crippen molar-refractivity contribution in [3.05, 3.63) is 70.8 Å². The van der Waals surface area contributed by atoms with E-state index >= 15 is 0 Å². The molecule has 1 amide bonds. The van der Waals surface area contributed by atoms with E-state index in [1.54, 1.807) is 0 Å². The van der Waals surface area contributed by atoms with Crippen molar-refractivity contribution >= 4 is 5.91 Å². The van der Waals surface area contributed by atoms with Crippen molar-refractivity contribution in [1.82, 2.24) is 10.2 Å². The molecule has 1 N–H and O–H groups in total. The van der Waals surface area contributed by atoms with Crippen LogP contribution in [0.3, 0.4) is 0 Å². The molecule has 0 bridgehead atoms. The van der Waals surface area contributed by atoms with Gasteiger partial charge < -0.3 is 5.32 Å². The highest BCUT2D eigenvalue weighted by molar-refractivity contribution is 5.94. The van der Waals surface area contributed by atoms with Gasteiger partial charge in [0.15, 0.2) is 0 Å². The maximum absolute atomic E-state index is 12.3. The molecule has 0 unspecified atom stereocenters. The van der Waals surface area contributed by atoms with Gasteiger partial charge in [-0.15, -0.1) is 0 Å². The number of carbonyl (C=O) groups excluding carboxylic acids is 1. The van der Waals surface area contributed by atoms with E-state index in [2.05, 4.69) is 41.4 Å². The first-order chi connectivity index (χ1) is 12.2. The zero-order valence-corrected chi connectivity index (χ0v) is 15.1. The quantitative estimate of drug-likeness (QED) is 0.883. The average molecular weight is 336 g/mol. The maximum Gasteiger partial charge on any atom is 0.251 e. The molecule has 0 spiro atoms. The second kappa shape index (κ2) is 8.82. The lowest BCUT2D eigenvalue weighted by Gasteiger charge is -2.19. The Bertz CT molecular complexity index is 685. The van der Waals surface area contributed by atoms with Gasteiger partial charge in [-0.05, 0) is 56.1 Å². The van der Waals surface area contributed by atoms with Gasteiger partial charge in [0.25, 0.3) is 5.91 Å². The molecule has 2 aromatic carbocycles. The number of nitrogens with zero attached hydrogens (tertiary/aromatic N) is 1. The van der Waals surface area contributed by atoms with Crippen LogP contribution in [-0.2, 0) is 13.1 Å². The Morgan fingerprint density at radius 2 is 1.68 bits per heavy atom. The maximum atomic E-state index is 12.3. The van der Waals surface area contributed by atoms with Gasteiger partial charge in [-0.3, -0.25) is 9.69 Å². The highest BCUT2D eigenvalue weighted by Gasteiger charge is 2.10. The summed E-state index contributed by atoms with van der Waals surface area (Å²) in [6.45, 7) is 6.01. The predicted octanol–water partition coefficient (Wildman–Crippen LogP) is 4.30. The van der Waals surface area contributed by atoms with Crippen molar-refractivity contribution < 1.29 is 4.79 Å². The van der Waals surface area contributed by atoms with Crippen LogP contribution >= 0.6 is 0 Å². The number of hydrogen-bond acceptors (Lipinski definition) is 2. The summed E-state index contributed by atoms with van der Waals surface area (Å²) in [5.74, 6) is -0.0113. The van der Waals surface area contributed by atoms with Crippen molar-refractivity contribution in [1.29, 1.82) is 0 Å². The van der Waals surface area contributed by atoms with Gasteiger partial charge in [0.2, 0.25) is 0 Å². The Kier molecular flexibility index (Phi) is 6.24. The number of amides is 1. The molecule has 3 rings (SSSR count). The van der Waals surface area contributed by atoms with Crippen molar-refractivity contribution in [2.24, 2.45) is 0 Å². The van der Waals surface area contributed by atoms with Gasteiger partial charge in [-0.25, -0.2) is 0 Å². The van der Waals surface area contributed by atoms with Gasteiger partial charge in [0.05, 0.1) is 0 Å². The third-order valence-corrected chi connectivity index (χ3v) is 4.86. The van der Waals surface area contributed by atoms with Crippen LogP contribution in [0.15, 0.2) is 48.5 Å². The molecule has 25 heavy (non-hydrogen) atoms. The summed E-state index contributed by atoms with van der Waals surface area (Å²) >= 11 is 0. The minimum Gasteiger partial charge on any atom is -0.348 e. The fourth-order valence-electron chi connectivity index (χ4n) is 3.42.